The second kappa shape index (κ2) is 12.2. The number of benzene rings is 1. The van der Waals surface area contributed by atoms with Crippen LogP contribution in [0.3, 0.4) is 0 Å². The van der Waals surface area contributed by atoms with Gasteiger partial charge in [0.05, 0.1) is 32.6 Å². The molecular weight excluding hydrogens is 506 g/mol. The minimum atomic E-state index is -1.32. The number of halogens is 1. The summed E-state index contributed by atoms with van der Waals surface area (Å²) >= 11 is 1.69. The Balaban J connectivity index is 0.00000361. The SMILES string of the molecule is COC(=O)C(N)(c1cc(OCCc2nc(N3CCOCC3)sc2C)ccc1CCC(=O)O)C1CC1.Cl. The zero-order chi connectivity index (χ0) is 25.0. The fourth-order valence-corrected chi connectivity index (χ4v) is 5.50. The number of aliphatic carboxylic acids is 1. The van der Waals surface area contributed by atoms with Crippen LogP contribution < -0.4 is 15.4 Å². The third-order valence-corrected chi connectivity index (χ3v) is 7.72. The molecule has 2 heterocycles. The van der Waals surface area contributed by atoms with Gasteiger partial charge in [0.1, 0.15) is 11.3 Å². The van der Waals surface area contributed by atoms with Crippen LogP contribution >= 0.6 is 23.7 Å². The number of esters is 1. The van der Waals surface area contributed by atoms with E-state index < -0.39 is 17.5 Å². The van der Waals surface area contributed by atoms with Crippen LogP contribution in [0.25, 0.3) is 0 Å². The van der Waals surface area contributed by atoms with Crippen LogP contribution in [0.15, 0.2) is 18.2 Å². The quantitative estimate of drug-likeness (QED) is 0.414. The zero-order valence-corrected chi connectivity index (χ0v) is 22.3. The number of hydrogen-bond donors (Lipinski definition) is 2. The van der Waals surface area contributed by atoms with E-state index in [-0.39, 0.29) is 31.2 Å². The Morgan fingerprint density at radius 3 is 2.64 bits per heavy atom. The monoisotopic (exact) mass is 539 g/mol. The number of aryl methyl sites for hydroxylation is 2. The number of nitrogens with zero attached hydrogens (tertiary/aromatic N) is 2. The van der Waals surface area contributed by atoms with E-state index in [2.05, 4.69) is 11.8 Å². The van der Waals surface area contributed by atoms with Crippen molar-refractivity contribution in [3.63, 3.8) is 0 Å². The number of aromatic nitrogens is 1. The molecule has 1 aromatic carbocycles. The van der Waals surface area contributed by atoms with Crippen LogP contribution in [0.4, 0.5) is 5.13 Å². The number of carboxylic acids is 1. The Kier molecular flexibility index (Phi) is 9.57. The Bertz CT molecular complexity index is 1070. The molecule has 1 saturated heterocycles. The van der Waals surface area contributed by atoms with Gasteiger partial charge in [-0.05, 0) is 55.4 Å². The normalized spacial score (nSPS) is 17.1. The Morgan fingerprint density at radius 2 is 2.00 bits per heavy atom. The molecule has 1 unspecified atom stereocenters. The van der Waals surface area contributed by atoms with E-state index in [4.69, 9.17) is 30.0 Å². The van der Waals surface area contributed by atoms with Crippen molar-refractivity contribution >= 4 is 40.8 Å². The molecule has 1 atom stereocenters. The largest absolute Gasteiger partial charge is 0.493 e. The number of nitrogens with two attached hydrogens (primary N) is 1. The summed E-state index contributed by atoms with van der Waals surface area (Å²) in [5, 5.41) is 10.2. The summed E-state index contributed by atoms with van der Waals surface area (Å²) in [4.78, 5) is 32.2. The predicted molar refractivity (Wildman–Crippen MR) is 139 cm³/mol. The van der Waals surface area contributed by atoms with Crippen molar-refractivity contribution in [1.29, 1.82) is 0 Å². The van der Waals surface area contributed by atoms with Gasteiger partial charge in [-0.25, -0.2) is 9.78 Å². The summed E-state index contributed by atoms with van der Waals surface area (Å²) in [7, 11) is 1.32. The summed E-state index contributed by atoms with van der Waals surface area (Å²) in [6, 6.07) is 5.39. The lowest BCUT2D eigenvalue weighted by Gasteiger charge is -2.29. The highest BCUT2D eigenvalue weighted by atomic mass is 35.5. The fraction of sp³-hybridized carbons (Fsp3) is 0.560. The molecule has 1 saturated carbocycles. The van der Waals surface area contributed by atoms with Crippen LogP contribution in [0, 0.1) is 12.8 Å². The molecule has 0 spiro atoms. The molecule has 0 bridgehead atoms. The maximum atomic E-state index is 12.8. The summed E-state index contributed by atoms with van der Waals surface area (Å²) in [5.41, 5.74) is 7.67. The number of morpholine rings is 1. The topological polar surface area (TPSA) is 124 Å². The van der Waals surface area contributed by atoms with Gasteiger partial charge in [-0.3, -0.25) is 4.79 Å². The molecular formula is C25H34ClN3O6S. The number of hydrogen-bond acceptors (Lipinski definition) is 9. The van der Waals surface area contributed by atoms with E-state index in [1.165, 1.54) is 12.0 Å². The highest BCUT2D eigenvalue weighted by Gasteiger charge is 2.51. The molecule has 36 heavy (non-hydrogen) atoms. The number of carboxylic acid groups (broad SMARTS) is 1. The number of carbonyl (C=O) groups is 2. The number of anilines is 1. The lowest BCUT2D eigenvalue weighted by Crippen LogP contribution is -2.48. The summed E-state index contributed by atoms with van der Waals surface area (Å²) in [6.45, 7) is 5.62. The number of rotatable bonds is 11. The first-order valence-electron chi connectivity index (χ1n) is 12.0. The molecule has 4 rings (SSSR count). The molecule has 9 nitrogen and oxygen atoms in total. The fourth-order valence-electron chi connectivity index (χ4n) is 4.49. The molecule has 11 heteroatoms. The van der Waals surface area contributed by atoms with E-state index in [1.54, 1.807) is 23.5 Å². The lowest BCUT2D eigenvalue weighted by atomic mass is 9.81. The van der Waals surface area contributed by atoms with Gasteiger partial charge in [-0.15, -0.1) is 23.7 Å². The van der Waals surface area contributed by atoms with E-state index in [1.807, 2.05) is 6.07 Å². The van der Waals surface area contributed by atoms with Crippen LogP contribution in [-0.2, 0) is 37.4 Å². The molecule has 2 aromatic rings. The minimum Gasteiger partial charge on any atom is -0.493 e. The summed E-state index contributed by atoms with van der Waals surface area (Å²) < 4.78 is 16.5. The molecule has 198 valence electrons. The van der Waals surface area contributed by atoms with E-state index in [9.17, 15) is 9.59 Å². The van der Waals surface area contributed by atoms with Crippen molar-refractivity contribution in [3.05, 3.63) is 39.9 Å². The van der Waals surface area contributed by atoms with E-state index in [0.29, 0.717) is 24.3 Å². The summed E-state index contributed by atoms with van der Waals surface area (Å²) in [5.74, 6) is -0.870. The van der Waals surface area contributed by atoms with Crippen molar-refractivity contribution < 1.29 is 28.9 Å². The number of thiazole rings is 1. The summed E-state index contributed by atoms with van der Waals surface area (Å²) in [6.07, 6.45) is 2.52. The second-order valence-corrected chi connectivity index (χ2v) is 10.2. The van der Waals surface area contributed by atoms with Crippen molar-refractivity contribution in [2.75, 3.05) is 44.9 Å². The molecule has 3 N–H and O–H groups in total. The molecule has 2 aliphatic rings. The second-order valence-electron chi connectivity index (χ2n) is 9.04. The van der Waals surface area contributed by atoms with E-state index >= 15 is 0 Å². The highest BCUT2D eigenvalue weighted by molar-refractivity contribution is 7.15. The lowest BCUT2D eigenvalue weighted by molar-refractivity contribution is -0.148. The molecule has 1 aliphatic carbocycles. The van der Waals surface area contributed by atoms with Crippen LogP contribution in [0.2, 0.25) is 0 Å². The Labute approximate surface area is 221 Å². The predicted octanol–water partition coefficient (Wildman–Crippen LogP) is 3.09. The van der Waals surface area contributed by atoms with Crippen molar-refractivity contribution in [2.24, 2.45) is 11.7 Å². The molecule has 1 aliphatic heterocycles. The van der Waals surface area contributed by atoms with E-state index in [0.717, 1.165) is 55.5 Å². The maximum Gasteiger partial charge on any atom is 0.330 e. The van der Waals surface area contributed by atoms with Gasteiger partial charge in [-0.1, -0.05) is 6.07 Å². The number of ether oxygens (including phenoxy) is 3. The highest BCUT2D eigenvalue weighted by Crippen LogP contribution is 2.46. The van der Waals surface area contributed by atoms with Crippen LogP contribution in [0.1, 0.15) is 41.0 Å². The molecule has 0 radical (unpaired) electrons. The number of carbonyl (C=O) groups excluding carboxylic acids is 1. The van der Waals surface area contributed by atoms with Gasteiger partial charge in [0.25, 0.3) is 0 Å². The van der Waals surface area contributed by atoms with Crippen molar-refractivity contribution in [1.82, 2.24) is 4.98 Å². The van der Waals surface area contributed by atoms with Gasteiger partial charge >= 0.3 is 11.9 Å². The molecule has 0 amide bonds. The van der Waals surface area contributed by atoms with Gasteiger partial charge < -0.3 is 30.0 Å². The minimum absolute atomic E-state index is 0. The third kappa shape index (κ3) is 6.29. The van der Waals surface area contributed by atoms with Crippen LogP contribution in [0.5, 0.6) is 5.75 Å². The van der Waals surface area contributed by atoms with Crippen molar-refractivity contribution in [2.45, 2.75) is 44.6 Å². The molecule has 1 aromatic heterocycles. The van der Waals surface area contributed by atoms with Gasteiger partial charge in [0.2, 0.25) is 0 Å². The first-order valence-corrected chi connectivity index (χ1v) is 12.8. The Morgan fingerprint density at radius 1 is 1.28 bits per heavy atom. The molecule has 2 fully saturated rings. The van der Waals surface area contributed by atoms with Gasteiger partial charge in [-0.2, -0.15) is 0 Å². The first kappa shape index (κ1) is 28.2. The smallest absolute Gasteiger partial charge is 0.330 e. The Hall–Kier alpha value is -2.40. The average molecular weight is 540 g/mol. The third-order valence-electron chi connectivity index (χ3n) is 6.65. The standard InChI is InChI=1S/C25H33N3O6S.ClH/c1-16-21(27-24(35-16)28-10-13-33-14-11-28)9-12-34-19-7-3-17(4-8-22(29)30)20(15-19)25(26,18-5-6-18)23(31)32-2;/h3,7,15,18H,4-6,8-14,26H2,1-2H3,(H,29,30);1H. The van der Waals surface area contributed by atoms with Gasteiger partial charge in [0.15, 0.2) is 5.13 Å². The van der Waals surface area contributed by atoms with Crippen LogP contribution in [-0.4, -0.2) is 62.0 Å². The zero-order valence-electron chi connectivity index (χ0n) is 20.7. The van der Waals surface area contributed by atoms with Crippen molar-refractivity contribution in [3.8, 4) is 5.75 Å². The average Bonchev–Trinajstić information content (AvgIpc) is 3.66. The first-order chi connectivity index (χ1) is 16.8. The maximum absolute atomic E-state index is 12.8. The number of methoxy groups -OCH3 is 1. The van der Waals surface area contributed by atoms with Gasteiger partial charge in [0, 0.05) is 30.8 Å².